The Morgan fingerprint density at radius 1 is 1.75 bits per heavy atom. The van der Waals surface area contributed by atoms with E-state index in [4.69, 9.17) is 5.26 Å². The molecule has 0 aliphatic carbocycles. The molecule has 0 fully saturated rings. The number of rotatable bonds is 3. The first-order valence-electron chi connectivity index (χ1n) is 2.10. The number of nitrogens with zero attached hydrogens (tertiary/aromatic N) is 1. The van der Waals surface area contributed by atoms with Gasteiger partial charge in [0.25, 0.3) is 0 Å². The zero-order valence-corrected chi connectivity index (χ0v) is 5.65. The number of hydrogen-bond donors (Lipinski definition) is 0. The smallest absolute Gasteiger partial charge is 0.120 e. The third-order valence-electron chi connectivity index (χ3n) is 0.440. The molecule has 0 heterocycles. The third kappa shape index (κ3) is 17.8. The number of carbonyl (C=O) groups excluding carboxylic acids is 1. The lowest BCUT2D eigenvalue weighted by molar-refractivity contribution is -0.107. The highest BCUT2D eigenvalue weighted by Crippen LogP contribution is 1.90. The average molecular weight is 131 g/mol. The van der Waals surface area contributed by atoms with Gasteiger partial charge in [-0.05, 0) is 12.0 Å². The Hall–Kier alpha value is -0.490. The second kappa shape index (κ2) is 16.0. The lowest BCUT2D eigenvalue weighted by Gasteiger charge is -1.79. The molecule has 0 aliphatic rings. The first-order valence-corrected chi connectivity index (χ1v) is 3.49. The molecule has 0 radical (unpaired) electrons. The highest BCUT2D eigenvalue weighted by Gasteiger charge is 1.74. The third-order valence-corrected chi connectivity index (χ3v) is 1.08. The minimum absolute atomic E-state index is 0.696. The van der Waals surface area contributed by atoms with Crippen LogP contribution in [0.15, 0.2) is 0 Å². The molecule has 0 aromatic rings. The number of aldehydes is 1. The average Bonchev–Trinajstić information content (AvgIpc) is 1.88. The topological polar surface area (TPSA) is 40.9 Å². The molecule has 0 saturated carbocycles. The van der Waals surface area contributed by atoms with Crippen LogP contribution >= 0.6 is 11.8 Å². The summed E-state index contributed by atoms with van der Waals surface area (Å²) in [6.45, 7) is 3.50. The van der Waals surface area contributed by atoms with Gasteiger partial charge in [-0.2, -0.15) is 11.8 Å². The summed E-state index contributed by atoms with van der Waals surface area (Å²) in [6.07, 6.45) is 3.63. The van der Waals surface area contributed by atoms with Crippen molar-refractivity contribution in [1.82, 2.24) is 0 Å². The summed E-state index contributed by atoms with van der Waals surface area (Å²) < 4.78 is 0. The van der Waals surface area contributed by atoms with Crippen molar-refractivity contribution in [3.05, 3.63) is 0 Å². The van der Waals surface area contributed by atoms with Crippen LogP contribution in [0, 0.1) is 11.8 Å². The number of thioether (sulfide) groups is 1. The predicted molar refractivity (Wildman–Crippen MR) is 35.7 cm³/mol. The van der Waals surface area contributed by atoms with Gasteiger partial charge in [0.15, 0.2) is 0 Å². The summed E-state index contributed by atoms with van der Waals surface area (Å²) in [4.78, 5) is 9.55. The standard InChI is InChI=1S/C4H8OS.CHN/c1-6-4-2-3-5;1-2/h3H,2,4H2,1H3;1H. The Kier molecular flexibility index (Phi) is 21.0. The Balaban J connectivity index is 0. The molecule has 0 bridgehead atoms. The van der Waals surface area contributed by atoms with Crippen molar-refractivity contribution in [3.63, 3.8) is 0 Å². The molecule has 0 spiro atoms. The van der Waals surface area contributed by atoms with Crippen LogP contribution < -0.4 is 0 Å². The second-order valence-corrected chi connectivity index (χ2v) is 1.93. The number of hydrogen-bond acceptors (Lipinski definition) is 3. The summed E-state index contributed by atoms with van der Waals surface area (Å²) >= 11 is 1.69. The van der Waals surface area contributed by atoms with Gasteiger partial charge in [-0.1, -0.05) is 0 Å². The van der Waals surface area contributed by atoms with Crippen molar-refractivity contribution in [2.45, 2.75) is 6.42 Å². The maximum absolute atomic E-state index is 9.55. The first kappa shape index (κ1) is 10.5. The molecule has 0 saturated heterocycles. The molecule has 2 nitrogen and oxygen atoms in total. The minimum Gasteiger partial charge on any atom is -0.303 e. The number of carbonyl (C=O) groups is 1. The van der Waals surface area contributed by atoms with Crippen LogP contribution in [0.25, 0.3) is 0 Å². The van der Waals surface area contributed by atoms with Crippen molar-refractivity contribution in [2.75, 3.05) is 12.0 Å². The van der Waals surface area contributed by atoms with Gasteiger partial charge in [0, 0.05) is 13.0 Å². The van der Waals surface area contributed by atoms with Gasteiger partial charge in [0.05, 0.1) is 0 Å². The fraction of sp³-hybridized carbons (Fsp3) is 0.600. The Morgan fingerprint density at radius 3 is 2.38 bits per heavy atom. The largest absolute Gasteiger partial charge is 0.303 e. The fourth-order valence-electron chi connectivity index (χ4n) is 0.166. The molecule has 46 valence electrons. The zero-order valence-electron chi connectivity index (χ0n) is 4.83. The van der Waals surface area contributed by atoms with Gasteiger partial charge < -0.3 is 4.79 Å². The predicted octanol–water partition coefficient (Wildman–Crippen LogP) is 1.08. The van der Waals surface area contributed by atoms with Crippen LogP contribution in [-0.2, 0) is 4.79 Å². The quantitative estimate of drug-likeness (QED) is 0.425. The molecule has 0 aromatic carbocycles. The van der Waals surface area contributed by atoms with Crippen LogP contribution in [0.1, 0.15) is 6.42 Å². The van der Waals surface area contributed by atoms with E-state index in [2.05, 4.69) is 6.57 Å². The minimum atomic E-state index is 0.696. The van der Waals surface area contributed by atoms with E-state index in [1.165, 1.54) is 0 Å². The monoisotopic (exact) mass is 131 g/mol. The highest BCUT2D eigenvalue weighted by molar-refractivity contribution is 7.98. The lowest BCUT2D eigenvalue weighted by atomic mass is 10.6. The summed E-state index contributed by atoms with van der Waals surface area (Å²) in [6, 6.07) is 0. The molecule has 8 heavy (non-hydrogen) atoms. The van der Waals surface area contributed by atoms with E-state index >= 15 is 0 Å². The summed E-state index contributed by atoms with van der Waals surface area (Å²) in [7, 11) is 0. The molecule has 3 heteroatoms. The van der Waals surface area contributed by atoms with Gasteiger partial charge in [0.2, 0.25) is 0 Å². The van der Waals surface area contributed by atoms with E-state index in [9.17, 15) is 4.79 Å². The Labute approximate surface area is 53.9 Å². The second-order valence-electron chi connectivity index (χ2n) is 0.948. The molecule has 0 N–H and O–H groups in total. The lowest BCUT2D eigenvalue weighted by Crippen LogP contribution is -1.75. The summed E-state index contributed by atoms with van der Waals surface area (Å²) in [5.74, 6) is 0.962. The van der Waals surface area contributed by atoms with Gasteiger partial charge in [-0.25, -0.2) is 5.26 Å². The molecular formula is C5H9NOS. The van der Waals surface area contributed by atoms with Crippen molar-refractivity contribution in [3.8, 4) is 6.57 Å². The summed E-state index contributed by atoms with van der Waals surface area (Å²) in [5.41, 5.74) is 0. The fourth-order valence-corrected chi connectivity index (χ4v) is 0.498. The van der Waals surface area contributed by atoms with Crippen LogP contribution in [0.4, 0.5) is 0 Å². The Morgan fingerprint density at radius 2 is 2.25 bits per heavy atom. The molecule has 0 aromatic heterocycles. The SMILES string of the molecule is C#N.CSCCC=O. The van der Waals surface area contributed by atoms with Crippen molar-refractivity contribution in [1.29, 1.82) is 5.26 Å². The molecule has 0 rings (SSSR count). The van der Waals surface area contributed by atoms with Crippen molar-refractivity contribution < 1.29 is 4.79 Å². The van der Waals surface area contributed by atoms with Crippen LogP contribution in [-0.4, -0.2) is 18.3 Å². The maximum Gasteiger partial charge on any atom is 0.120 e. The van der Waals surface area contributed by atoms with E-state index in [0.29, 0.717) is 6.42 Å². The zero-order chi connectivity index (χ0) is 6.83. The molecular weight excluding hydrogens is 122 g/mol. The van der Waals surface area contributed by atoms with E-state index < -0.39 is 0 Å². The first-order chi connectivity index (χ1) is 3.91. The van der Waals surface area contributed by atoms with Crippen LogP contribution in [0.2, 0.25) is 0 Å². The normalized spacial score (nSPS) is 6.38. The Bertz CT molecular complexity index is 62.7. The van der Waals surface area contributed by atoms with E-state index in [0.717, 1.165) is 12.0 Å². The van der Waals surface area contributed by atoms with E-state index in [1.807, 2.05) is 6.26 Å². The van der Waals surface area contributed by atoms with Crippen LogP contribution in [0.3, 0.4) is 0 Å². The van der Waals surface area contributed by atoms with E-state index in [-0.39, 0.29) is 0 Å². The van der Waals surface area contributed by atoms with Crippen molar-refractivity contribution in [2.24, 2.45) is 0 Å². The van der Waals surface area contributed by atoms with Crippen molar-refractivity contribution >= 4 is 18.0 Å². The molecule has 0 atom stereocenters. The maximum atomic E-state index is 9.55. The highest BCUT2D eigenvalue weighted by atomic mass is 32.2. The van der Waals surface area contributed by atoms with Gasteiger partial charge >= 0.3 is 0 Å². The molecule has 0 aliphatic heterocycles. The van der Waals surface area contributed by atoms with E-state index in [1.54, 1.807) is 11.8 Å². The van der Waals surface area contributed by atoms with Gasteiger partial charge in [-0.3, -0.25) is 0 Å². The number of nitriles is 1. The molecule has 0 unspecified atom stereocenters. The van der Waals surface area contributed by atoms with Gasteiger partial charge in [-0.15, -0.1) is 0 Å². The van der Waals surface area contributed by atoms with Crippen LogP contribution in [0.5, 0.6) is 0 Å². The summed E-state index contributed by atoms with van der Waals surface area (Å²) in [5, 5.41) is 6.50. The molecule has 0 amide bonds. The van der Waals surface area contributed by atoms with Gasteiger partial charge in [0.1, 0.15) is 6.29 Å².